The summed E-state index contributed by atoms with van der Waals surface area (Å²) in [6.07, 6.45) is -2.11. The molecule has 4 N–H and O–H groups in total. The highest BCUT2D eigenvalue weighted by atomic mass is 16.6. The van der Waals surface area contributed by atoms with Crippen molar-refractivity contribution in [3.8, 4) is 0 Å². The van der Waals surface area contributed by atoms with E-state index in [1.165, 1.54) is 0 Å². The zero-order valence-corrected chi connectivity index (χ0v) is 8.26. The van der Waals surface area contributed by atoms with Gasteiger partial charge in [-0.2, -0.15) is 0 Å². The fourth-order valence-corrected chi connectivity index (χ4v) is 1.54. The van der Waals surface area contributed by atoms with Crippen molar-refractivity contribution in [2.45, 2.75) is 50.3 Å². The maximum Gasteiger partial charge on any atom is 0.194 e. The highest BCUT2D eigenvalue weighted by Gasteiger charge is 2.47. The number of hydrogen-bond acceptors (Lipinski definition) is 5. The van der Waals surface area contributed by atoms with Crippen LogP contribution in [0.15, 0.2) is 0 Å². The van der Waals surface area contributed by atoms with Crippen LogP contribution in [0.2, 0.25) is 0 Å². The molecule has 0 aliphatic carbocycles. The fourth-order valence-electron chi connectivity index (χ4n) is 1.54. The van der Waals surface area contributed by atoms with Crippen LogP contribution in [0.3, 0.4) is 0 Å². The van der Waals surface area contributed by atoms with E-state index in [4.69, 9.17) is 9.84 Å². The number of aliphatic hydroxyl groups excluding tert-OH is 3. The molecule has 0 radical (unpaired) electrons. The molecule has 1 aliphatic heterocycles. The van der Waals surface area contributed by atoms with E-state index in [1.54, 1.807) is 0 Å². The van der Waals surface area contributed by atoms with Crippen molar-refractivity contribution >= 4 is 0 Å². The third-order valence-corrected chi connectivity index (χ3v) is 2.57. The summed E-state index contributed by atoms with van der Waals surface area (Å²) in [6, 6.07) is 0. The molecular weight excluding hydrogens is 188 g/mol. The van der Waals surface area contributed by atoms with Crippen LogP contribution in [0.4, 0.5) is 0 Å². The Morgan fingerprint density at radius 1 is 1.36 bits per heavy atom. The Bertz CT molecular complexity index is 182. The normalized spacial score (nSPS) is 43.9. The number of aliphatic hydroxyl groups is 4. The van der Waals surface area contributed by atoms with Crippen LogP contribution in [-0.4, -0.2) is 51.1 Å². The Balaban J connectivity index is 2.60. The average Bonchev–Trinajstić information content (AvgIpc) is 2.19. The van der Waals surface area contributed by atoms with Crippen LogP contribution in [0, 0.1) is 0 Å². The van der Waals surface area contributed by atoms with Crippen LogP contribution in [0.5, 0.6) is 0 Å². The molecule has 5 nitrogen and oxygen atoms in total. The summed E-state index contributed by atoms with van der Waals surface area (Å²) in [5, 5.41) is 37.8. The minimum absolute atomic E-state index is 0.154. The molecule has 5 heteroatoms. The molecule has 1 rings (SSSR count). The molecule has 0 aromatic heterocycles. The van der Waals surface area contributed by atoms with E-state index in [9.17, 15) is 15.3 Å². The third-order valence-electron chi connectivity index (χ3n) is 2.57. The van der Waals surface area contributed by atoms with Gasteiger partial charge in [0.15, 0.2) is 5.79 Å². The Labute approximate surface area is 82.9 Å². The lowest BCUT2D eigenvalue weighted by atomic mass is 9.93. The second-order valence-corrected chi connectivity index (χ2v) is 3.76. The zero-order chi connectivity index (χ0) is 10.8. The van der Waals surface area contributed by atoms with Gasteiger partial charge in [0.05, 0.1) is 6.61 Å². The summed E-state index contributed by atoms with van der Waals surface area (Å²) in [5.41, 5.74) is 0. The van der Waals surface area contributed by atoms with Crippen molar-refractivity contribution in [3.05, 3.63) is 0 Å². The lowest BCUT2D eigenvalue weighted by Gasteiger charge is -2.41. The molecule has 0 spiro atoms. The highest BCUT2D eigenvalue weighted by molar-refractivity contribution is 4.91. The smallest absolute Gasteiger partial charge is 0.194 e. The largest absolute Gasteiger partial charge is 0.388 e. The van der Waals surface area contributed by atoms with Gasteiger partial charge >= 0.3 is 0 Å². The quantitative estimate of drug-likeness (QED) is 0.474. The van der Waals surface area contributed by atoms with Crippen LogP contribution in [0.25, 0.3) is 0 Å². The Kier molecular flexibility index (Phi) is 3.86. The number of ether oxygens (including phenoxy) is 1. The van der Waals surface area contributed by atoms with E-state index < -0.39 is 24.1 Å². The van der Waals surface area contributed by atoms with Crippen molar-refractivity contribution in [2.24, 2.45) is 0 Å². The fraction of sp³-hybridized carbons (Fsp3) is 1.00. The highest BCUT2D eigenvalue weighted by Crippen LogP contribution is 2.28. The minimum atomic E-state index is -1.71. The summed E-state index contributed by atoms with van der Waals surface area (Å²) in [4.78, 5) is 0. The lowest BCUT2D eigenvalue weighted by molar-refractivity contribution is -0.323. The first-order chi connectivity index (χ1) is 6.51. The van der Waals surface area contributed by atoms with Gasteiger partial charge in [-0.15, -0.1) is 0 Å². The second kappa shape index (κ2) is 4.55. The van der Waals surface area contributed by atoms with Gasteiger partial charge in [-0.3, -0.25) is 0 Å². The predicted molar refractivity (Wildman–Crippen MR) is 48.4 cm³/mol. The summed E-state index contributed by atoms with van der Waals surface area (Å²) < 4.78 is 4.96. The van der Waals surface area contributed by atoms with Gasteiger partial charge in [0.2, 0.25) is 0 Å². The van der Waals surface area contributed by atoms with Crippen molar-refractivity contribution in [2.75, 3.05) is 6.61 Å². The molecule has 1 saturated heterocycles. The van der Waals surface area contributed by atoms with Gasteiger partial charge in [0.1, 0.15) is 18.3 Å². The van der Waals surface area contributed by atoms with Crippen LogP contribution in [-0.2, 0) is 4.74 Å². The van der Waals surface area contributed by atoms with E-state index in [1.807, 2.05) is 6.92 Å². The average molecular weight is 206 g/mol. The van der Waals surface area contributed by atoms with Gasteiger partial charge in [-0.25, -0.2) is 0 Å². The molecule has 84 valence electrons. The summed E-state index contributed by atoms with van der Waals surface area (Å²) in [6.45, 7) is 1.79. The van der Waals surface area contributed by atoms with Gasteiger partial charge in [-0.05, 0) is 6.42 Å². The summed E-state index contributed by atoms with van der Waals surface area (Å²) >= 11 is 0. The SMILES string of the molecule is CCCCC1(O)OC[C@@H](O)[C@H](O)[C@H]1O. The van der Waals surface area contributed by atoms with Crippen molar-refractivity contribution in [3.63, 3.8) is 0 Å². The molecule has 14 heavy (non-hydrogen) atoms. The Morgan fingerprint density at radius 3 is 2.57 bits per heavy atom. The van der Waals surface area contributed by atoms with Gasteiger partial charge in [0.25, 0.3) is 0 Å². The molecule has 1 fully saturated rings. The third kappa shape index (κ3) is 2.24. The first-order valence-corrected chi connectivity index (χ1v) is 4.92. The maximum atomic E-state index is 9.82. The van der Waals surface area contributed by atoms with Crippen LogP contribution >= 0.6 is 0 Å². The first-order valence-electron chi connectivity index (χ1n) is 4.92. The standard InChI is InChI=1S/C9H18O5/c1-2-3-4-9(13)8(12)7(11)6(10)5-14-9/h6-8,10-13H,2-5H2,1H3/t6-,7+,8-,9?/m1/s1. The molecule has 1 heterocycles. The molecule has 0 saturated carbocycles. The molecule has 0 aromatic carbocycles. The number of rotatable bonds is 3. The first kappa shape index (κ1) is 11.9. The Hall–Kier alpha value is -0.200. The van der Waals surface area contributed by atoms with E-state index in [2.05, 4.69) is 0 Å². The Morgan fingerprint density at radius 2 is 2.00 bits per heavy atom. The molecule has 1 aliphatic rings. The lowest BCUT2D eigenvalue weighted by Crippen LogP contribution is -2.60. The van der Waals surface area contributed by atoms with Crippen LogP contribution < -0.4 is 0 Å². The molecule has 1 unspecified atom stereocenters. The van der Waals surface area contributed by atoms with Crippen molar-refractivity contribution < 1.29 is 25.2 Å². The van der Waals surface area contributed by atoms with E-state index in [0.29, 0.717) is 6.42 Å². The van der Waals surface area contributed by atoms with Gasteiger partial charge in [0, 0.05) is 6.42 Å². The maximum absolute atomic E-state index is 9.82. The monoisotopic (exact) mass is 206 g/mol. The van der Waals surface area contributed by atoms with Crippen molar-refractivity contribution in [1.29, 1.82) is 0 Å². The van der Waals surface area contributed by atoms with E-state index in [-0.39, 0.29) is 13.0 Å². The summed E-state index contributed by atoms with van der Waals surface area (Å²) in [5.74, 6) is -1.71. The molecule has 4 atom stereocenters. The van der Waals surface area contributed by atoms with Crippen LogP contribution in [0.1, 0.15) is 26.2 Å². The predicted octanol–water partition coefficient (Wildman–Crippen LogP) is -1.02. The van der Waals surface area contributed by atoms with E-state index >= 15 is 0 Å². The minimum Gasteiger partial charge on any atom is -0.388 e. The zero-order valence-electron chi connectivity index (χ0n) is 8.26. The molecular formula is C9H18O5. The number of hydrogen-bond donors (Lipinski definition) is 4. The van der Waals surface area contributed by atoms with Crippen molar-refractivity contribution in [1.82, 2.24) is 0 Å². The molecule has 0 bridgehead atoms. The second-order valence-electron chi connectivity index (χ2n) is 3.76. The van der Waals surface area contributed by atoms with Gasteiger partial charge < -0.3 is 25.2 Å². The topological polar surface area (TPSA) is 90.2 Å². The molecule has 0 amide bonds. The summed E-state index contributed by atoms with van der Waals surface area (Å²) in [7, 11) is 0. The molecule has 0 aromatic rings. The van der Waals surface area contributed by atoms with Gasteiger partial charge in [-0.1, -0.05) is 13.3 Å². The number of unbranched alkanes of at least 4 members (excludes halogenated alkanes) is 1. The van der Waals surface area contributed by atoms with E-state index in [0.717, 1.165) is 6.42 Å².